The summed E-state index contributed by atoms with van der Waals surface area (Å²) >= 11 is 0. The highest BCUT2D eigenvalue weighted by Crippen LogP contribution is 2.24. The van der Waals surface area contributed by atoms with Crippen LogP contribution in [0, 0.1) is 0 Å². The van der Waals surface area contributed by atoms with E-state index in [2.05, 4.69) is 43.0 Å². The second-order valence-corrected chi connectivity index (χ2v) is 17.1. The summed E-state index contributed by atoms with van der Waals surface area (Å²) in [6, 6.07) is 0. The highest BCUT2D eigenvalue weighted by atomic mass is 15.4. The van der Waals surface area contributed by atoms with Crippen LogP contribution in [0.5, 0.6) is 0 Å². The standard InChI is InChI=1S/C49H98N2/c1-4-7-10-13-16-19-21-23-25-26-28-30-32-34-37-40-43-46-51-48-47-50(49(51)44-41-38-35-18-15-12-9-6-3)45-42-39-36-33-31-29-27-24-22-20-17-14-11-8-5-2/h47-49H,4-46H2,1-3H3. The molecule has 0 spiro atoms. The minimum absolute atomic E-state index is 0.637. The monoisotopic (exact) mass is 715 g/mol. The third-order valence-corrected chi connectivity index (χ3v) is 12.1. The Balaban J connectivity index is 2.13. The molecule has 1 aliphatic heterocycles. The van der Waals surface area contributed by atoms with Crippen LogP contribution in [0.2, 0.25) is 0 Å². The van der Waals surface area contributed by atoms with Gasteiger partial charge in [0.15, 0.2) is 0 Å². The molecule has 1 aliphatic rings. The molecule has 0 aromatic rings. The maximum Gasteiger partial charge on any atom is 0.101 e. The lowest BCUT2D eigenvalue weighted by atomic mass is 10.0. The van der Waals surface area contributed by atoms with Crippen LogP contribution < -0.4 is 0 Å². The third-order valence-electron chi connectivity index (χ3n) is 12.1. The van der Waals surface area contributed by atoms with Gasteiger partial charge in [-0.3, -0.25) is 0 Å². The van der Waals surface area contributed by atoms with Crippen molar-refractivity contribution in [2.45, 2.75) is 290 Å². The summed E-state index contributed by atoms with van der Waals surface area (Å²) in [6.45, 7) is 9.50. The van der Waals surface area contributed by atoms with Gasteiger partial charge < -0.3 is 9.80 Å². The lowest BCUT2D eigenvalue weighted by Gasteiger charge is -2.33. The van der Waals surface area contributed by atoms with Crippen molar-refractivity contribution < 1.29 is 0 Å². The molecule has 304 valence electrons. The van der Waals surface area contributed by atoms with Gasteiger partial charge in [-0.15, -0.1) is 0 Å². The minimum atomic E-state index is 0.637. The van der Waals surface area contributed by atoms with Gasteiger partial charge in [-0.1, -0.05) is 258 Å². The maximum absolute atomic E-state index is 2.73. The molecule has 1 unspecified atom stereocenters. The Hall–Kier alpha value is -0.660. The van der Waals surface area contributed by atoms with Gasteiger partial charge in [0.25, 0.3) is 0 Å². The summed E-state index contributed by atoms with van der Waals surface area (Å²) in [5, 5.41) is 0. The van der Waals surface area contributed by atoms with E-state index in [0.717, 1.165) is 0 Å². The fourth-order valence-corrected chi connectivity index (χ4v) is 8.48. The highest BCUT2D eigenvalue weighted by molar-refractivity contribution is 4.97. The summed E-state index contributed by atoms with van der Waals surface area (Å²) in [4.78, 5) is 5.47. The van der Waals surface area contributed by atoms with E-state index in [-0.39, 0.29) is 0 Å². The van der Waals surface area contributed by atoms with Crippen molar-refractivity contribution >= 4 is 0 Å². The van der Waals surface area contributed by atoms with Gasteiger partial charge >= 0.3 is 0 Å². The number of hydrogen-bond donors (Lipinski definition) is 0. The normalized spacial score (nSPS) is 14.5. The first-order valence-corrected chi connectivity index (χ1v) is 24.5. The first-order chi connectivity index (χ1) is 25.3. The van der Waals surface area contributed by atoms with Crippen molar-refractivity contribution in [2.75, 3.05) is 13.1 Å². The van der Waals surface area contributed by atoms with Gasteiger partial charge in [0.2, 0.25) is 0 Å². The van der Waals surface area contributed by atoms with Gasteiger partial charge in [-0.2, -0.15) is 0 Å². The smallest absolute Gasteiger partial charge is 0.101 e. The summed E-state index contributed by atoms with van der Waals surface area (Å²) in [7, 11) is 0. The molecule has 1 rings (SSSR count). The van der Waals surface area contributed by atoms with Crippen molar-refractivity contribution in [1.29, 1.82) is 0 Å². The number of unbranched alkanes of at least 4 members (excludes halogenated alkanes) is 37. The zero-order chi connectivity index (χ0) is 36.6. The van der Waals surface area contributed by atoms with Crippen molar-refractivity contribution in [3.05, 3.63) is 12.4 Å². The Morgan fingerprint density at radius 1 is 0.255 bits per heavy atom. The predicted molar refractivity (Wildman–Crippen MR) is 233 cm³/mol. The van der Waals surface area contributed by atoms with E-state index in [1.54, 1.807) is 0 Å². The van der Waals surface area contributed by atoms with Gasteiger partial charge in [0.1, 0.15) is 6.17 Å². The van der Waals surface area contributed by atoms with Crippen LogP contribution >= 0.6 is 0 Å². The fraction of sp³-hybridized carbons (Fsp3) is 0.959. The molecule has 0 aliphatic carbocycles. The molecule has 0 amide bonds. The topological polar surface area (TPSA) is 6.48 Å². The Bertz CT molecular complexity index is 673. The average Bonchev–Trinajstić information content (AvgIpc) is 3.53. The molecule has 0 aromatic carbocycles. The zero-order valence-electron chi connectivity index (χ0n) is 36.0. The Morgan fingerprint density at radius 3 is 0.686 bits per heavy atom. The van der Waals surface area contributed by atoms with E-state index in [4.69, 9.17) is 0 Å². The van der Waals surface area contributed by atoms with E-state index in [9.17, 15) is 0 Å². The molecule has 0 N–H and O–H groups in total. The first kappa shape index (κ1) is 48.4. The van der Waals surface area contributed by atoms with Crippen molar-refractivity contribution in [2.24, 2.45) is 0 Å². The van der Waals surface area contributed by atoms with Crippen LogP contribution in [0.15, 0.2) is 12.4 Å². The molecule has 0 bridgehead atoms. The minimum Gasteiger partial charge on any atom is -0.356 e. The summed E-state index contributed by atoms with van der Waals surface area (Å²) < 4.78 is 0. The summed E-state index contributed by atoms with van der Waals surface area (Å²) in [5.74, 6) is 0. The lowest BCUT2D eigenvalue weighted by molar-refractivity contribution is 0.135. The number of nitrogens with zero attached hydrogens (tertiary/aromatic N) is 2. The van der Waals surface area contributed by atoms with Crippen LogP contribution in [-0.4, -0.2) is 29.1 Å². The second-order valence-electron chi connectivity index (χ2n) is 17.1. The first-order valence-electron chi connectivity index (χ1n) is 24.5. The molecule has 2 heteroatoms. The van der Waals surface area contributed by atoms with Crippen LogP contribution in [0.4, 0.5) is 0 Å². The molecule has 51 heavy (non-hydrogen) atoms. The molecule has 0 saturated carbocycles. The molecule has 2 nitrogen and oxygen atoms in total. The van der Waals surface area contributed by atoms with Crippen LogP contribution in [0.25, 0.3) is 0 Å². The van der Waals surface area contributed by atoms with E-state index >= 15 is 0 Å². The van der Waals surface area contributed by atoms with E-state index in [0.29, 0.717) is 6.17 Å². The quantitative estimate of drug-likeness (QED) is 0.0580. The molecule has 0 fully saturated rings. The molecular weight excluding hydrogens is 617 g/mol. The van der Waals surface area contributed by atoms with Crippen LogP contribution in [0.1, 0.15) is 284 Å². The van der Waals surface area contributed by atoms with Crippen molar-refractivity contribution in [1.82, 2.24) is 9.80 Å². The fourth-order valence-electron chi connectivity index (χ4n) is 8.48. The predicted octanol–water partition coefficient (Wildman–Crippen LogP) is 17.5. The zero-order valence-corrected chi connectivity index (χ0v) is 36.0. The van der Waals surface area contributed by atoms with Crippen LogP contribution in [-0.2, 0) is 0 Å². The molecule has 1 atom stereocenters. The second kappa shape index (κ2) is 40.5. The van der Waals surface area contributed by atoms with Gasteiger partial charge in [-0.25, -0.2) is 0 Å². The molecule has 0 saturated heterocycles. The maximum atomic E-state index is 2.73. The number of rotatable bonds is 43. The average molecular weight is 715 g/mol. The van der Waals surface area contributed by atoms with Crippen molar-refractivity contribution in [3.8, 4) is 0 Å². The SMILES string of the molecule is CCCCCCCCCCCCCCCCCCCN1C=CN(CCCCCCCCCCCCCCCCC)C1CCCCCCCCCC. The molecule has 0 radical (unpaired) electrons. The Kier molecular flexibility index (Phi) is 38.4. The summed E-state index contributed by atoms with van der Waals surface area (Å²) in [5.41, 5.74) is 0. The Morgan fingerprint density at radius 2 is 0.451 bits per heavy atom. The number of hydrogen-bond acceptors (Lipinski definition) is 2. The van der Waals surface area contributed by atoms with E-state index in [1.165, 1.54) is 276 Å². The van der Waals surface area contributed by atoms with E-state index in [1.807, 2.05) is 0 Å². The molecule has 1 heterocycles. The van der Waals surface area contributed by atoms with Gasteiger partial charge in [0, 0.05) is 25.5 Å². The van der Waals surface area contributed by atoms with E-state index < -0.39 is 0 Å². The molecular formula is C49H98N2. The highest BCUT2D eigenvalue weighted by Gasteiger charge is 2.24. The lowest BCUT2D eigenvalue weighted by Crippen LogP contribution is -2.39. The van der Waals surface area contributed by atoms with Gasteiger partial charge in [-0.05, 0) is 25.7 Å². The Labute approximate surface area is 324 Å². The van der Waals surface area contributed by atoms with Crippen LogP contribution in [0.3, 0.4) is 0 Å². The largest absolute Gasteiger partial charge is 0.356 e. The molecule has 0 aromatic heterocycles. The van der Waals surface area contributed by atoms with Crippen molar-refractivity contribution in [3.63, 3.8) is 0 Å². The summed E-state index contributed by atoms with van der Waals surface area (Å²) in [6.07, 6.45) is 64.9. The van der Waals surface area contributed by atoms with Gasteiger partial charge in [0.05, 0.1) is 0 Å². The third kappa shape index (κ3) is 32.5.